The number of carbonyl (C=O) groups excluding carboxylic acids is 2. The van der Waals surface area contributed by atoms with E-state index >= 15 is 0 Å². The van der Waals surface area contributed by atoms with Crippen molar-refractivity contribution < 1.29 is 9.59 Å². The molecule has 0 N–H and O–H groups in total. The van der Waals surface area contributed by atoms with Crippen LogP contribution in [-0.2, 0) is 0 Å². The Labute approximate surface area is 146 Å². The normalized spacial score (nSPS) is 19.1. The van der Waals surface area contributed by atoms with Crippen LogP contribution < -0.4 is 0 Å². The zero-order valence-corrected chi connectivity index (χ0v) is 13.6. The molecule has 1 aromatic heterocycles. The number of hydrogen-bond donors (Lipinski definition) is 0. The summed E-state index contributed by atoms with van der Waals surface area (Å²) >= 11 is 0. The van der Waals surface area contributed by atoms with E-state index < -0.39 is 0 Å². The van der Waals surface area contributed by atoms with Crippen LogP contribution in [-0.4, -0.2) is 27.7 Å². The standard InChI is InChI=1S/C21H16N2O2/c24-20-18-9-1-2-10-19(18)21(25)23(20)17-8-5-6-15(14-17)11-12-16-7-3-4-13-22-16/h1-4,7,9-10,13-14,17H,5-6,8H2. The third kappa shape index (κ3) is 2.85. The SMILES string of the molecule is O=C1c2ccccc2C(=O)N1C1C=C(C#Cc2ccccn2)CCC1. The van der Waals surface area contributed by atoms with Gasteiger partial charge >= 0.3 is 0 Å². The van der Waals surface area contributed by atoms with Crippen molar-refractivity contribution in [2.45, 2.75) is 25.3 Å². The summed E-state index contributed by atoms with van der Waals surface area (Å²) < 4.78 is 0. The van der Waals surface area contributed by atoms with Gasteiger partial charge in [-0.3, -0.25) is 14.5 Å². The maximum absolute atomic E-state index is 12.6. The second kappa shape index (κ2) is 6.37. The average Bonchev–Trinajstić information content (AvgIpc) is 2.92. The molecule has 2 aromatic rings. The Hall–Kier alpha value is -3.19. The highest BCUT2D eigenvalue weighted by Crippen LogP contribution is 2.29. The summed E-state index contributed by atoms with van der Waals surface area (Å²) in [5.74, 6) is 5.77. The first-order chi connectivity index (χ1) is 12.2. The summed E-state index contributed by atoms with van der Waals surface area (Å²) in [6.07, 6.45) is 6.21. The van der Waals surface area contributed by atoms with Crippen LogP contribution in [0.2, 0.25) is 0 Å². The fourth-order valence-corrected chi connectivity index (χ4v) is 3.30. The van der Waals surface area contributed by atoms with Crippen LogP contribution in [0, 0.1) is 11.8 Å². The van der Waals surface area contributed by atoms with E-state index in [0.717, 1.165) is 24.8 Å². The van der Waals surface area contributed by atoms with Gasteiger partial charge < -0.3 is 0 Å². The minimum atomic E-state index is -0.228. The van der Waals surface area contributed by atoms with Crippen LogP contribution in [0.5, 0.6) is 0 Å². The first kappa shape index (κ1) is 15.3. The van der Waals surface area contributed by atoms with Gasteiger partial charge in [0.25, 0.3) is 11.8 Å². The number of fused-ring (bicyclic) bond motifs is 1. The van der Waals surface area contributed by atoms with Gasteiger partial charge in [-0.2, -0.15) is 0 Å². The Morgan fingerprint density at radius 1 is 0.960 bits per heavy atom. The summed E-state index contributed by atoms with van der Waals surface area (Å²) in [4.78, 5) is 30.8. The summed E-state index contributed by atoms with van der Waals surface area (Å²) in [6, 6.07) is 12.4. The Kier molecular flexibility index (Phi) is 3.91. The quantitative estimate of drug-likeness (QED) is 0.597. The molecule has 4 heteroatoms. The maximum atomic E-state index is 12.6. The van der Waals surface area contributed by atoms with Crippen LogP contribution >= 0.6 is 0 Å². The number of nitrogens with zero attached hydrogens (tertiary/aromatic N) is 2. The van der Waals surface area contributed by atoms with E-state index in [1.54, 1.807) is 30.5 Å². The molecule has 2 amide bonds. The van der Waals surface area contributed by atoms with Crippen molar-refractivity contribution in [2.75, 3.05) is 0 Å². The number of hydrogen-bond acceptors (Lipinski definition) is 3. The van der Waals surface area contributed by atoms with Gasteiger partial charge in [0.15, 0.2) is 0 Å². The zero-order chi connectivity index (χ0) is 17.2. The number of benzene rings is 1. The number of amides is 2. The highest BCUT2D eigenvalue weighted by molar-refractivity contribution is 6.21. The van der Waals surface area contributed by atoms with Crippen LogP contribution in [0.3, 0.4) is 0 Å². The lowest BCUT2D eigenvalue weighted by molar-refractivity contribution is 0.0605. The van der Waals surface area contributed by atoms with Gasteiger partial charge in [0.2, 0.25) is 0 Å². The van der Waals surface area contributed by atoms with Crippen molar-refractivity contribution in [3.05, 3.63) is 77.1 Å². The number of allylic oxidation sites excluding steroid dienone is 1. The number of rotatable bonds is 1. The molecule has 4 rings (SSSR count). The molecule has 122 valence electrons. The zero-order valence-electron chi connectivity index (χ0n) is 13.6. The highest BCUT2D eigenvalue weighted by atomic mass is 16.2. The predicted molar refractivity (Wildman–Crippen MR) is 93.8 cm³/mol. The monoisotopic (exact) mass is 328 g/mol. The molecule has 2 aliphatic rings. The topological polar surface area (TPSA) is 50.3 Å². The Balaban J connectivity index is 1.61. The molecule has 1 aromatic carbocycles. The lowest BCUT2D eigenvalue weighted by Gasteiger charge is -2.26. The molecule has 4 nitrogen and oxygen atoms in total. The van der Waals surface area contributed by atoms with Gasteiger partial charge in [0.1, 0.15) is 5.69 Å². The fourth-order valence-electron chi connectivity index (χ4n) is 3.30. The third-order valence-corrected chi connectivity index (χ3v) is 4.51. The maximum Gasteiger partial charge on any atom is 0.262 e. The smallest absolute Gasteiger partial charge is 0.262 e. The van der Waals surface area contributed by atoms with Crippen molar-refractivity contribution in [3.63, 3.8) is 0 Å². The lowest BCUT2D eigenvalue weighted by Crippen LogP contribution is -2.39. The van der Waals surface area contributed by atoms with Crippen LogP contribution in [0.4, 0.5) is 0 Å². The molecule has 0 spiro atoms. The van der Waals surface area contributed by atoms with Crippen molar-refractivity contribution in [3.8, 4) is 11.8 Å². The molecular formula is C21H16N2O2. The van der Waals surface area contributed by atoms with Crippen molar-refractivity contribution in [2.24, 2.45) is 0 Å². The molecule has 0 saturated heterocycles. The molecule has 1 aliphatic carbocycles. The van der Waals surface area contributed by atoms with E-state index in [2.05, 4.69) is 16.8 Å². The molecule has 0 bridgehead atoms. The fraction of sp³-hybridized carbons (Fsp3) is 0.190. The van der Waals surface area contributed by atoms with Crippen molar-refractivity contribution in [1.29, 1.82) is 0 Å². The minimum Gasteiger partial charge on any atom is -0.269 e. The molecular weight excluding hydrogens is 312 g/mol. The second-order valence-electron chi connectivity index (χ2n) is 6.14. The van der Waals surface area contributed by atoms with E-state index in [4.69, 9.17) is 0 Å². The van der Waals surface area contributed by atoms with Gasteiger partial charge in [0, 0.05) is 11.8 Å². The molecule has 1 aliphatic heterocycles. The van der Waals surface area contributed by atoms with Crippen LogP contribution in [0.15, 0.2) is 60.3 Å². The third-order valence-electron chi connectivity index (χ3n) is 4.51. The summed E-state index contributed by atoms with van der Waals surface area (Å²) in [5.41, 5.74) is 2.66. The first-order valence-corrected chi connectivity index (χ1v) is 8.35. The van der Waals surface area contributed by atoms with Gasteiger partial charge in [-0.1, -0.05) is 24.1 Å². The molecule has 2 heterocycles. The second-order valence-corrected chi connectivity index (χ2v) is 6.14. The Morgan fingerprint density at radius 3 is 2.36 bits per heavy atom. The first-order valence-electron chi connectivity index (χ1n) is 8.35. The van der Waals surface area contributed by atoms with Crippen LogP contribution in [0.25, 0.3) is 0 Å². The molecule has 1 unspecified atom stereocenters. The van der Waals surface area contributed by atoms with Crippen molar-refractivity contribution >= 4 is 11.8 Å². The number of aromatic nitrogens is 1. The molecule has 1 atom stereocenters. The van der Waals surface area contributed by atoms with Crippen molar-refractivity contribution in [1.82, 2.24) is 9.88 Å². The van der Waals surface area contributed by atoms with Gasteiger partial charge in [-0.15, -0.1) is 0 Å². The van der Waals surface area contributed by atoms with Gasteiger partial charge in [0.05, 0.1) is 17.2 Å². The summed E-state index contributed by atoms with van der Waals surface area (Å²) in [6.45, 7) is 0. The van der Waals surface area contributed by atoms with E-state index in [1.165, 1.54) is 4.90 Å². The number of carbonyl (C=O) groups is 2. The Morgan fingerprint density at radius 2 is 1.68 bits per heavy atom. The summed E-state index contributed by atoms with van der Waals surface area (Å²) in [7, 11) is 0. The van der Waals surface area contributed by atoms with E-state index in [1.807, 2.05) is 24.3 Å². The van der Waals surface area contributed by atoms with Gasteiger partial charge in [-0.05, 0) is 55.5 Å². The van der Waals surface area contributed by atoms with E-state index in [-0.39, 0.29) is 17.9 Å². The van der Waals surface area contributed by atoms with E-state index in [9.17, 15) is 9.59 Å². The Bertz CT molecular complexity index is 900. The highest BCUT2D eigenvalue weighted by Gasteiger charge is 2.39. The molecule has 0 saturated carbocycles. The largest absolute Gasteiger partial charge is 0.269 e. The average molecular weight is 328 g/mol. The predicted octanol–water partition coefficient (Wildman–Crippen LogP) is 3.21. The number of pyridine rings is 1. The molecule has 0 radical (unpaired) electrons. The van der Waals surface area contributed by atoms with Gasteiger partial charge in [-0.25, -0.2) is 4.98 Å². The van der Waals surface area contributed by atoms with Crippen LogP contribution in [0.1, 0.15) is 45.7 Å². The minimum absolute atomic E-state index is 0.208. The lowest BCUT2D eigenvalue weighted by atomic mass is 9.95. The molecule has 25 heavy (non-hydrogen) atoms. The molecule has 0 fully saturated rings. The van der Waals surface area contributed by atoms with E-state index in [0.29, 0.717) is 16.8 Å². The summed E-state index contributed by atoms with van der Waals surface area (Å²) in [5, 5.41) is 0. The number of imide groups is 1.